The number of aromatic nitrogens is 2. The van der Waals surface area contributed by atoms with E-state index in [1.165, 1.54) is 0 Å². The van der Waals surface area contributed by atoms with Gasteiger partial charge in [0.05, 0.1) is 38.4 Å². The Bertz CT molecular complexity index is 969. The number of rotatable bonds is 7. The lowest BCUT2D eigenvalue weighted by molar-refractivity contribution is 0.0331. The van der Waals surface area contributed by atoms with Crippen molar-refractivity contribution in [3.8, 4) is 11.1 Å². The van der Waals surface area contributed by atoms with Crippen LogP contribution in [0.15, 0.2) is 35.7 Å². The fourth-order valence-electron chi connectivity index (χ4n) is 3.86. The molecule has 0 spiro atoms. The lowest BCUT2D eigenvalue weighted by Gasteiger charge is -2.25. The Kier molecular flexibility index (Phi) is 6.19. The number of morpholine rings is 1. The van der Waals surface area contributed by atoms with Crippen molar-refractivity contribution in [1.29, 1.82) is 0 Å². The van der Waals surface area contributed by atoms with Crippen molar-refractivity contribution >= 4 is 27.4 Å². The average molecular weight is 427 g/mol. The van der Waals surface area contributed by atoms with E-state index in [0.29, 0.717) is 19.1 Å². The Morgan fingerprint density at radius 3 is 2.77 bits per heavy atom. The second kappa shape index (κ2) is 9.36. The number of thiophene rings is 1. The number of hydrogen-bond acceptors (Lipinski definition) is 8. The zero-order chi connectivity index (χ0) is 20.2. The molecular formula is C22H26N4O3S. The van der Waals surface area contributed by atoms with Crippen LogP contribution in [0.4, 0.5) is 5.82 Å². The summed E-state index contributed by atoms with van der Waals surface area (Å²) < 4.78 is 10.9. The molecule has 4 heterocycles. The van der Waals surface area contributed by atoms with E-state index in [1.54, 1.807) is 11.3 Å². The number of nitrogens with one attached hydrogen (secondary N) is 1. The van der Waals surface area contributed by atoms with Gasteiger partial charge in [0, 0.05) is 36.6 Å². The highest BCUT2D eigenvalue weighted by atomic mass is 32.1. The summed E-state index contributed by atoms with van der Waals surface area (Å²) in [7, 11) is 0. The van der Waals surface area contributed by atoms with Gasteiger partial charge >= 0.3 is 0 Å². The molecule has 2 fully saturated rings. The zero-order valence-corrected chi connectivity index (χ0v) is 17.7. The molecule has 158 valence electrons. The normalized spacial score (nSPS) is 20.1. The Labute approximate surface area is 179 Å². The summed E-state index contributed by atoms with van der Waals surface area (Å²) in [5, 5.41) is 3.17. The zero-order valence-electron chi connectivity index (χ0n) is 16.9. The van der Waals surface area contributed by atoms with E-state index >= 15 is 0 Å². The summed E-state index contributed by atoms with van der Waals surface area (Å²) in [4.78, 5) is 18.9. The quantitative estimate of drug-likeness (QED) is 0.579. The number of fused-ring (bicyclic) bond motifs is 1. The number of benzene rings is 1. The molecule has 3 aromatic rings. The summed E-state index contributed by atoms with van der Waals surface area (Å²) >= 11 is 1.65. The fraction of sp³-hybridized carbons (Fsp3) is 0.455. The van der Waals surface area contributed by atoms with Gasteiger partial charge in [0.1, 0.15) is 10.7 Å². The third-order valence-electron chi connectivity index (χ3n) is 5.55. The van der Waals surface area contributed by atoms with E-state index in [0.717, 1.165) is 78.9 Å². The molecule has 2 saturated heterocycles. The van der Waals surface area contributed by atoms with Crippen LogP contribution in [0.25, 0.3) is 21.3 Å². The lowest BCUT2D eigenvalue weighted by Crippen LogP contribution is -2.36. The first-order valence-electron chi connectivity index (χ1n) is 10.5. The Balaban J connectivity index is 1.44. The van der Waals surface area contributed by atoms with E-state index in [2.05, 4.69) is 40.0 Å². The van der Waals surface area contributed by atoms with E-state index < -0.39 is 0 Å². The van der Waals surface area contributed by atoms with E-state index in [1.807, 2.05) is 6.07 Å². The van der Waals surface area contributed by atoms with Crippen LogP contribution in [0.2, 0.25) is 0 Å². The third-order valence-corrected chi connectivity index (χ3v) is 6.42. The van der Waals surface area contributed by atoms with Crippen molar-refractivity contribution < 1.29 is 14.3 Å². The molecule has 0 amide bonds. The minimum absolute atomic E-state index is 0.429. The van der Waals surface area contributed by atoms with Crippen molar-refractivity contribution in [2.24, 2.45) is 5.92 Å². The van der Waals surface area contributed by atoms with E-state index in [9.17, 15) is 0 Å². The number of anilines is 1. The first-order valence-corrected chi connectivity index (χ1v) is 11.3. The Morgan fingerprint density at radius 2 is 1.97 bits per heavy atom. The molecule has 0 radical (unpaired) electrons. The maximum absolute atomic E-state index is 5.87. The number of ether oxygens (including phenoxy) is 2. The van der Waals surface area contributed by atoms with Gasteiger partial charge < -0.3 is 9.47 Å². The summed E-state index contributed by atoms with van der Waals surface area (Å²) in [6, 6.07) is 10.4. The van der Waals surface area contributed by atoms with Gasteiger partial charge in [0.15, 0.2) is 5.82 Å². The molecule has 1 N–H and O–H groups in total. The van der Waals surface area contributed by atoms with Gasteiger partial charge in [-0.25, -0.2) is 15.4 Å². The van der Waals surface area contributed by atoms with E-state index in [4.69, 9.17) is 24.3 Å². The number of hydrogen-bond donors (Lipinski definition) is 1. The van der Waals surface area contributed by atoms with Crippen LogP contribution in [0.1, 0.15) is 12.2 Å². The number of nitrogens with zero attached hydrogens (tertiary/aromatic N) is 3. The largest absolute Gasteiger partial charge is 0.381 e. The highest BCUT2D eigenvalue weighted by molar-refractivity contribution is 7.17. The van der Waals surface area contributed by atoms with Crippen molar-refractivity contribution in [3.63, 3.8) is 0 Å². The van der Waals surface area contributed by atoms with Gasteiger partial charge in [-0.1, -0.05) is 30.3 Å². The minimum atomic E-state index is 0.429. The summed E-state index contributed by atoms with van der Waals surface area (Å²) in [6.45, 7) is 6.23. The second-order valence-corrected chi connectivity index (χ2v) is 8.57. The predicted molar refractivity (Wildman–Crippen MR) is 117 cm³/mol. The molecule has 1 unspecified atom stereocenters. The molecule has 0 bridgehead atoms. The maximum Gasteiger partial charge on any atom is 0.162 e. The molecule has 7 nitrogen and oxygen atoms in total. The van der Waals surface area contributed by atoms with Gasteiger partial charge in [-0.05, 0) is 12.0 Å². The summed E-state index contributed by atoms with van der Waals surface area (Å²) in [6.07, 6.45) is 1.04. The van der Waals surface area contributed by atoms with Gasteiger partial charge in [-0.3, -0.25) is 9.74 Å². The van der Waals surface area contributed by atoms with E-state index in [-0.39, 0.29) is 0 Å². The van der Waals surface area contributed by atoms with Crippen molar-refractivity contribution in [3.05, 3.63) is 41.5 Å². The van der Waals surface area contributed by atoms with Gasteiger partial charge in [-0.2, -0.15) is 0 Å². The SMILES string of the molecule is c1ccc(-c2csc3nc(CN4CCOCC4)nc(NOCC4CCOC4)c23)cc1. The van der Waals surface area contributed by atoms with Crippen LogP contribution in [0.5, 0.6) is 0 Å². The first kappa shape index (κ1) is 19.8. The monoisotopic (exact) mass is 426 g/mol. The molecule has 5 rings (SSSR count). The lowest BCUT2D eigenvalue weighted by atomic mass is 10.1. The molecule has 1 aromatic carbocycles. The molecule has 0 saturated carbocycles. The van der Waals surface area contributed by atoms with Crippen molar-refractivity contribution in [2.45, 2.75) is 13.0 Å². The fourth-order valence-corrected chi connectivity index (χ4v) is 4.83. The molecule has 2 aromatic heterocycles. The van der Waals surface area contributed by atoms with Crippen LogP contribution in [0, 0.1) is 5.92 Å². The topological polar surface area (TPSA) is 68.7 Å². The van der Waals surface area contributed by atoms with Crippen molar-refractivity contribution in [2.75, 3.05) is 51.6 Å². The molecule has 2 aliphatic heterocycles. The molecular weight excluding hydrogens is 400 g/mol. The minimum Gasteiger partial charge on any atom is -0.381 e. The van der Waals surface area contributed by atoms with Gasteiger partial charge in [-0.15, -0.1) is 11.3 Å². The highest BCUT2D eigenvalue weighted by Gasteiger charge is 2.20. The van der Waals surface area contributed by atoms with Crippen LogP contribution in [-0.4, -0.2) is 61.0 Å². The predicted octanol–water partition coefficient (Wildman–Crippen LogP) is 3.57. The smallest absolute Gasteiger partial charge is 0.162 e. The third kappa shape index (κ3) is 4.48. The molecule has 2 aliphatic rings. The summed E-state index contributed by atoms with van der Waals surface area (Å²) in [5.41, 5.74) is 5.43. The summed E-state index contributed by atoms with van der Waals surface area (Å²) in [5.74, 6) is 1.97. The van der Waals surface area contributed by atoms with Gasteiger partial charge in [0.2, 0.25) is 0 Å². The maximum atomic E-state index is 5.87. The first-order chi connectivity index (χ1) is 14.9. The molecule has 8 heteroatoms. The standard InChI is InChI=1S/C22H26N4O3S/c1-2-4-17(5-3-1)18-15-30-22-20(18)21(25-29-14-16-6-9-28-13-16)23-19(24-22)12-26-7-10-27-11-8-26/h1-5,15-16H,6-14H2,(H,23,24,25). The molecule has 0 aliphatic carbocycles. The Morgan fingerprint density at radius 1 is 1.10 bits per heavy atom. The van der Waals surface area contributed by atoms with Crippen LogP contribution < -0.4 is 5.48 Å². The molecule has 1 atom stereocenters. The van der Waals surface area contributed by atoms with Crippen LogP contribution in [0.3, 0.4) is 0 Å². The average Bonchev–Trinajstić information content (AvgIpc) is 3.45. The Hall–Kier alpha value is -2.10. The second-order valence-electron chi connectivity index (χ2n) is 7.72. The highest BCUT2D eigenvalue weighted by Crippen LogP contribution is 2.37. The molecule has 30 heavy (non-hydrogen) atoms. The van der Waals surface area contributed by atoms with Gasteiger partial charge in [0.25, 0.3) is 0 Å². The van der Waals surface area contributed by atoms with Crippen molar-refractivity contribution in [1.82, 2.24) is 14.9 Å². The van der Waals surface area contributed by atoms with Crippen LogP contribution >= 0.6 is 11.3 Å². The van der Waals surface area contributed by atoms with Crippen LogP contribution in [-0.2, 0) is 20.9 Å².